The monoisotopic (exact) mass is 289 g/mol. The van der Waals surface area contributed by atoms with Crippen molar-refractivity contribution in [2.45, 2.75) is 19.6 Å². The first-order valence-corrected chi connectivity index (χ1v) is 6.41. The van der Waals surface area contributed by atoms with Crippen molar-refractivity contribution in [2.75, 3.05) is 13.6 Å². The summed E-state index contributed by atoms with van der Waals surface area (Å²) in [5.74, 6) is -0.900. The number of carbonyl (C=O) groups excluding carboxylic acids is 1. The maximum absolute atomic E-state index is 12.0. The first-order valence-electron chi connectivity index (χ1n) is 6.41. The molecule has 2 aromatic rings. The van der Waals surface area contributed by atoms with Crippen molar-refractivity contribution in [1.29, 1.82) is 5.26 Å². The lowest BCUT2D eigenvalue weighted by Crippen LogP contribution is -2.33. The standard InChI is InChI=1S/C14H15N3O4/c1-16(6-2-5-15)13(19)8-17-11-4-3-10(9-18)7-12(11)21-14(17)20/h3-4,7,18H,2,6,8-9H2,1H3. The number of likely N-dealkylation sites (N-methyl/N-ethyl adjacent to an activating group) is 1. The van der Waals surface area contributed by atoms with Crippen LogP contribution in [0, 0.1) is 11.3 Å². The third kappa shape index (κ3) is 3.12. The van der Waals surface area contributed by atoms with E-state index in [1.807, 2.05) is 6.07 Å². The molecule has 0 bridgehead atoms. The van der Waals surface area contributed by atoms with Gasteiger partial charge in [0.15, 0.2) is 5.58 Å². The smallest absolute Gasteiger partial charge is 0.408 e. The van der Waals surface area contributed by atoms with E-state index >= 15 is 0 Å². The van der Waals surface area contributed by atoms with Gasteiger partial charge in [-0.15, -0.1) is 0 Å². The largest absolute Gasteiger partial charge is 0.420 e. The maximum atomic E-state index is 12.0. The first-order chi connectivity index (χ1) is 10.1. The van der Waals surface area contributed by atoms with E-state index in [4.69, 9.17) is 14.8 Å². The summed E-state index contributed by atoms with van der Waals surface area (Å²) in [6.45, 7) is 0.0153. The van der Waals surface area contributed by atoms with Gasteiger partial charge in [0.05, 0.1) is 24.6 Å². The molecule has 0 aliphatic rings. The van der Waals surface area contributed by atoms with Gasteiger partial charge in [0, 0.05) is 13.6 Å². The molecule has 0 fully saturated rings. The number of aromatic nitrogens is 1. The molecule has 0 aliphatic heterocycles. The number of nitrogens with zero attached hydrogens (tertiary/aromatic N) is 3. The van der Waals surface area contributed by atoms with Crippen molar-refractivity contribution >= 4 is 17.0 Å². The van der Waals surface area contributed by atoms with Crippen molar-refractivity contribution in [2.24, 2.45) is 0 Å². The minimum atomic E-state index is -0.623. The molecule has 7 heteroatoms. The van der Waals surface area contributed by atoms with Crippen LogP contribution in [0.4, 0.5) is 0 Å². The zero-order chi connectivity index (χ0) is 15.4. The van der Waals surface area contributed by atoms with Crippen LogP contribution in [0.25, 0.3) is 11.1 Å². The van der Waals surface area contributed by atoms with Crippen LogP contribution in [-0.2, 0) is 17.9 Å². The number of hydrogen-bond acceptors (Lipinski definition) is 5. The normalized spacial score (nSPS) is 10.5. The van der Waals surface area contributed by atoms with Crippen LogP contribution in [0.1, 0.15) is 12.0 Å². The van der Waals surface area contributed by atoms with Crippen LogP contribution in [0.3, 0.4) is 0 Å². The summed E-state index contributed by atoms with van der Waals surface area (Å²) in [4.78, 5) is 25.2. The van der Waals surface area contributed by atoms with Crippen molar-refractivity contribution in [3.05, 3.63) is 34.3 Å². The Hall–Kier alpha value is -2.59. The Balaban J connectivity index is 2.26. The van der Waals surface area contributed by atoms with Crippen molar-refractivity contribution in [3.8, 4) is 6.07 Å². The molecule has 7 nitrogen and oxygen atoms in total. The van der Waals surface area contributed by atoms with Gasteiger partial charge in [-0.3, -0.25) is 9.36 Å². The topological polar surface area (TPSA) is 99.5 Å². The van der Waals surface area contributed by atoms with E-state index in [2.05, 4.69) is 0 Å². The number of aliphatic hydroxyl groups is 1. The molecular formula is C14H15N3O4. The van der Waals surface area contributed by atoms with E-state index in [1.165, 1.54) is 9.47 Å². The number of rotatable bonds is 5. The fourth-order valence-electron chi connectivity index (χ4n) is 1.96. The lowest BCUT2D eigenvalue weighted by Gasteiger charge is -2.15. The third-order valence-electron chi connectivity index (χ3n) is 3.19. The number of aliphatic hydroxyl groups excluding tert-OH is 1. The van der Waals surface area contributed by atoms with Crippen LogP contribution < -0.4 is 5.76 Å². The van der Waals surface area contributed by atoms with Crippen LogP contribution in [0.2, 0.25) is 0 Å². The number of fused-ring (bicyclic) bond motifs is 1. The van der Waals surface area contributed by atoms with Gasteiger partial charge in [-0.1, -0.05) is 6.07 Å². The predicted molar refractivity (Wildman–Crippen MR) is 74.3 cm³/mol. The van der Waals surface area contributed by atoms with Gasteiger partial charge in [0.25, 0.3) is 0 Å². The SMILES string of the molecule is CN(CCC#N)C(=O)Cn1c(=O)oc2cc(CO)ccc21. The molecule has 21 heavy (non-hydrogen) atoms. The third-order valence-corrected chi connectivity index (χ3v) is 3.19. The zero-order valence-electron chi connectivity index (χ0n) is 11.6. The predicted octanol–water partition coefficient (Wildman–Crippen LogP) is 0.459. The molecular weight excluding hydrogens is 274 g/mol. The number of carbonyl (C=O) groups is 1. The second kappa shape index (κ2) is 6.24. The van der Waals surface area contributed by atoms with E-state index < -0.39 is 5.76 Å². The minimum absolute atomic E-state index is 0.147. The fourth-order valence-corrected chi connectivity index (χ4v) is 1.96. The number of nitriles is 1. The average molecular weight is 289 g/mol. The molecule has 0 saturated heterocycles. The molecule has 0 saturated carbocycles. The average Bonchev–Trinajstić information content (AvgIpc) is 2.79. The summed E-state index contributed by atoms with van der Waals surface area (Å²) in [7, 11) is 1.58. The molecule has 0 unspecified atom stereocenters. The molecule has 1 amide bonds. The van der Waals surface area contributed by atoms with Crippen LogP contribution in [0.5, 0.6) is 0 Å². The molecule has 110 valence electrons. The van der Waals surface area contributed by atoms with E-state index in [0.717, 1.165) is 0 Å². The molecule has 2 rings (SSSR count). The summed E-state index contributed by atoms with van der Waals surface area (Å²) in [5, 5.41) is 17.6. The molecule has 0 aliphatic carbocycles. The lowest BCUT2D eigenvalue weighted by atomic mass is 10.2. The molecule has 0 atom stereocenters. The Labute approximate surface area is 120 Å². The van der Waals surface area contributed by atoms with Gasteiger partial charge in [-0.05, 0) is 17.7 Å². The minimum Gasteiger partial charge on any atom is -0.408 e. The second-order valence-corrected chi connectivity index (χ2v) is 4.64. The number of oxazole rings is 1. The Bertz CT molecular complexity index is 754. The van der Waals surface area contributed by atoms with Crippen LogP contribution in [-0.4, -0.2) is 34.1 Å². The van der Waals surface area contributed by atoms with E-state index in [-0.39, 0.29) is 25.5 Å². The summed E-state index contributed by atoms with van der Waals surface area (Å²) < 4.78 is 6.31. The van der Waals surface area contributed by atoms with Gasteiger partial charge in [-0.25, -0.2) is 4.79 Å². The van der Waals surface area contributed by atoms with E-state index in [1.54, 1.807) is 25.2 Å². The van der Waals surface area contributed by atoms with Gasteiger partial charge >= 0.3 is 5.76 Å². The van der Waals surface area contributed by atoms with Crippen molar-refractivity contribution in [3.63, 3.8) is 0 Å². The maximum Gasteiger partial charge on any atom is 0.420 e. The fraction of sp³-hybridized carbons (Fsp3) is 0.357. The highest BCUT2D eigenvalue weighted by Crippen LogP contribution is 2.15. The summed E-state index contributed by atoms with van der Waals surface area (Å²) in [5.41, 5.74) is 1.46. The lowest BCUT2D eigenvalue weighted by molar-refractivity contribution is -0.130. The number of hydrogen-bond donors (Lipinski definition) is 1. The van der Waals surface area contributed by atoms with Crippen molar-refractivity contribution in [1.82, 2.24) is 9.47 Å². The van der Waals surface area contributed by atoms with Crippen LogP contribution >= 0.6 is 0 Å². The Kier molecular flexibility index (Phi) is 4.40. The highest BCUT2D eigenvalue weighted by Gasteiger charge is 2.15. The molecule has 0 spiro atoms. The Morgan fingerprint density at radius 1 is 1.52 bits per heavy atom. The van der Waals surface area contributed by atoms with Gasteiger partial charge in [0.1, 0.15) is 6.54 Å². The van der Waals surface area contributed by atoms with E-state index in [0.29, 0.717) is 23.2 Å². The van der Waals surface area contributed by atoms with Gasteiger partial charge in [0.2, 0.25) is 5.91 Å². The molecule has 0 radical (unpaired) electrons. The molecule has 1 N–H and O–H groups in total. The second-order valence-electron chi connectivity index (χ2n) is 4.64. The first kappa shape index (κ1) is 14.8. The summed E-state index contributed by atoms with van der Waals surface area (Å²) >= 11 is 0. The molecule has 1 aromatic carbocycles. The summed E-state index contributed by atoms with van der Waals surface area (Å²) in [6.07, 6.45) is 0.239. The van der Waals surface area contributed by atoms with Gasteiger partial charge in [-0.2, -0.15) is 5.26 Å². The Morgan fingerprint density at radius 3 is 2.95 bits per heavy atom. The highest BCUT2D eigenvalue weighted by molar-refractivity contribution is 5.79. The zero-order valence-corrected chi connectivity index (χ0v) is 11.6. The molecule has 1 heterocycles. The Morgan fingerprint density at radius 2 is 2.29 bits per heavy atom. The number of amides is 1. The summed E-state index contributed by atoms with van der Waals surface area (Å²) in [6, 6.07) is 6.83. The molecule has 1 aromatic heterocycles. The highest BCUT2D eigenvalue weighted by atomic mass is 16.4. The van der Waals surface area contributed by atoms with E-state index in [9.17, 15) is 9.59 Å². The quantitative estimate of drug-likeness (QED) is 0.862. The van der Waals surface area contributed by atoms with Crippen molar-refractivity contribution < 1.29 is 14.3 Å². The van der Waals surface area contributed by atoms with Crippen LogP contribution in [0.15, 0.2) is 27.4 Å². The van der Waals surface area contributed by atoms with Gasteiger partial charge < -0.3 is 14.4 Å². The number of benzene rings is 1.